The van der Waals surface area contributed by atoms with E-state index in [9.17, 15) is 14.4 Å². The van der Waals surface area contributed by atoms with Crippen molar-refractivity contribution in [2.24, 2.45) is 35.5 Å². The highest BCUT2D eigenvalue weighted by atomic mass is 16.2. The Kier molecular flexibility index (Phi) is 2.41. The first-order valence-electron chi connectivity index (χ1n) is 8.25. The average molecular weight is 307 g/mol. The molecule has 0 unspecified atom stereocenters. The summed E-state index contributed by atoms with van der Waals surface area (Å²) in [6.07, 6.45) is 5.50. The quantitative estimate of drug-likeness (QED) is 0.479. The van der Waals surface area contributed by atoms with Crippen molar-refractivity contribution >= 4 is 23.3 Å². The van der Waals surface area contributed by atoms with Crippen LogP contribution < -0.4 is 4.90 Å². The molecule has 1 aromatic carbocycles. The van der Waals surface area contributed by atoms with Crippen LogP contribution in [0.15, 0.2) is 36.4 Å². The molecule has 1 aromatic rings. The van der Waals surface area contributed by atoms with Crippen LogP contribution in [0.3, 0.4) is 0 Å². The van der Waals surface area contributed by atoms with Crippen molar-refractivity contribution in [1.29, 1.82) is 0 Å². The van der Waals surface area contributed by atoms with Gasteiger partial charge in [0.25, 0.3) is 0 Å². The predicted molar refractivity (Wildman–Crippen MR) is 83.6 cm³/mol. The average Bonchev–Trinajstić information content (AvgIpc) is 3.32. The van der Waals surface area contributed by atoms with E-state index in [1.807, 2.05) is 0 Å². The van der Waals surface area contributed by atoms with Crippen molar-refractivity contribution in [3.63, 3.8) is 0 Å². The molecule has 0 radical (unpaired) electrons. The Hall–Kier alpha value is -2.23. The first kappa shape index (κ1) is 13.2. The van der Waals surface area contributed by atoms with Crippen molar-refractivity contribution in [2.75, 3.05) is 4.90 Å². The summed E-state index contributed by atoms with van der Waals surface area (Å²) >= 11 is 0. The van der Waals surface area contributed by atoms with Crippen LogP contribution >= 0.6 is 0 Å². The number of nitrogens with zero attached hydrogens (tertiary/aromatic N) is 1. The predicted octanol–water partition coefficient (Wildman–Crippen LogP) is 2.45. The summed E-state index contributed by atoms with van der Waals surface area (Å²) in [4.78, 5) is 38.9. The van der Waals surface area contributed by atoms with Crippen LogP contribution in [0.4, 0.5) is 5.69 Å². The van der Waals surface area contributed by atoms with Crippen molar-refractivity contribution in [3.05, 3.63) is 42.0 Å². The fourth-order valence-electron chi connectivity index (χ4n) is 5.08. The second kappa shape index (κ2) is 4.19. The second-order valence-electron chi connectivity index (χ2n) is 7.27. The van der Waals surface area contributed by atoms with Crippen LogP contribution in [0, 0.1) is 35.5 Å². The molecular weight excluding hydrogens is 290 g/mol. The van der Waals surface area contributed by atoms with Crippen LogP contribution in [0.1, 0.15) is 23.7 Å². The summed E-state index contributed by atoms with van der Waals surface area (Å²) in [5.74, 6) is 1.06. The molecule has 0 N–H and O–H groups in total. The third kappa shape index (κ3) is 1.58. The van der Waals surface area contributed by atoms with Crippen molar-refractivity contribution in [2.45, 2.75) is 13.3 Å². The number of amides is 2. The fourth-order valence-corrected chi connectivity index (χ4v) is 5.08. The number of hydrogen-bond acceptors (Lipinski definition) is 3. The Labute approximate surface area is 134 Å². The molecule has 3 fully saturated rings. The van der Waals surface area contributed by atoms with Crippen LogP contribution in [0.25, 0.3) is 0 Å². The minimum Gasteiger partial charge on any atom is -0.295 e. The highest BCUT2D eigenvalue weighted by molar-refractivity contribution is 6.23. The molecule has 23 heavy (non-hydrogen) atoms. The van der Waals surface area contributed by atoms with Gasteiger partial charge >= 0.3 is 0 Å². The number of carbonyl (C=O) groups is 3. The lowest BCUT2D eigenvalue weighted by Crippen LogP contribution is -2.40. The summed E-state index contributed by atoms with van der Waals surface area (Å²) in [6, 6.07) is 6.85. The number of anilines is 1. The van der Waals surface area contributed by atoms with Gasteiger partial charge in [-0.2, -0.15) is 0 Å². The zero-order chi connectivity index (χ0) is 15.9. The maximum atomic E-state index is 13.0. The van der Waals surface area contributed by atoms with Gasteiger partial charge in [-0.3, -0.25) is 14.4 Å². The van der Waals surface area contributed by atoms with Gasteiger partial charge in [0.1, 0.15) is 0 Å². The summed E-state index contributed by atoms with van der Waals surface area (Å²) in [7, 11) is 0. The lowest BCUT2D eigenvalue weighted by atomic mass is 9.63. The van der Waals surface area contributed by atoms with Crippen molar-refractivity contribution in [3.8, 4) is 0 Å². The van der Waals surface area contributed by atoms with E-state index in [1.165, 1.54) is 11.8 Å². The van der Waals surface area contributed by atoms with E-state index < -0.39 is 0 Å². The Morgan fingerprint density at radius 1 is 1.04 bits per heavy atom. The highest BCUT2D eigenvalue weighted by Crippen LogP contribution is 2.65. The molecule has 116 valence electrons. The number of hydrogen-bond donors (Lipinski definition) is 0. The molecule has 2 bridgehead atoms. The molecule has 2 amide bonds. The standard InChI is InChI=1S/C19H17NO3/c1-9(21)10-3-2-4-11(7-10)20-18(22)16-12-5-6-13(15-8-14(12)15)17(16)19(20)23/h2-7,12-17H,8H2,1H3/t12-,13-,14-,15+,16-,17+/m0/s1. The normalized spacial score (nSPS) is 39.4. The molecule has 2 saturated carbocycles. The van der Waals surface area contributed by atoms with Gasteiger partial charge in [-0.25, -0.2) is 4.90 Å². The van der Waals surface area contributed by atoms with Gasteiger partial charge in [0.05, 0.1) is 17.5 Å². The highest BCUT2D eigenvalue weighted by Gasteiger charge is 2.67. The Morgan fingerprint density at radius 2 is 1.65 bits per heavy atom. The van der Waals surface area contributed by atoms with Gasteiger partial charge < -0.3 is 0 Å². The topological polar surface area (TPSA) is 54.5 Å². The molecule has 1 heterocycles. The van der Waals surface area contributed by atoms with E-state index in [0.29, 0.717) is 23.1 Å². The third-order valence-corrected chi connectivity index (χ3v) is 6.17. The smallest absolute Gasteiger partial charge is 0.238 e. The van der Waals surface area contributed by atoms with E-state index in [-0.39, 0.29) is 41.3 Å². The van der Waals surface area contributed by atoms with Crippen LogP contribution in [0.5, 0.6) is 0 Å². The van der Waals surface area contributed by atoms with Crippen LogP contribution in [0.2, 0.25) is 0 Å². The Morgan fingerprint density at radius 3 is 2.22 bits per heavy atom. The number of rotatable bonds is 2. The minimum absolute atomic E-state index is 0.0636. The van der Waals surface area contributed by atoms with Crippen molar-refractivity contribution < 1.29 is 14.4 Å². The Bertz CT molecular complexity index is 760. The number of allylic oxidation sites excluding steroid dienone is 2. The number of ketones is 1. The maximum absolute atomic E-state index is 13.0. The molecule has 1 saturated heterocycles. The maximum Gasteiger partial charge on any atom is 0.238 e. The molecule has 6 rings (SSSR count). The molecule has 6 atom stereocenters. The van der Waals surface area contributed by atoms with Crippen molar-refractivity contribution in [1.82, 2.24) is 0 Å². The monoisotopic (exact) mass is 307 g/mol. The first-order valence-corrected chi connectivity index (χ1v) is 8.25. The van der Waals surface area contributed by atoms with Crippen LogP contribution in [-0.4, -0.2) is 17.6 Å². The molecular formula is C19H17NO3. The lowest BCUT2D eigenvalue weighted by molar-refractivity contribution is -0.124. The zero-order valence-corrected chi connectivity index (χ0v) is 12.8. The summed E-state index contributed by atoms with van der Waals surface area (Å²) in [6.45, 7) is 1.49. The number of carbonyl (C=O) groups excluding carboxylic acids is 3. The van der Waals surface area contributed by atoms with Gasteiger partial charge in [0.15, 0.2) is 5.78 Å². The molecule has 5 aliphatic rings. The molecule has 1 aliphatic heterocycles. The summed E-state index contributed by atoms with van der Waals surface area (Å²) in [5, 5.41) is 0. The largest absolute Gasteiger partial charge is 0.295 e. The van der Waals surface area contributed by atoms with E-state index >= 15 is 0 Å². The minimum atomic E-state index is -0.192. The summed E-state index contributed by atoms with van der Waals surface area (Å²) < 4.78 is 0. The van der Waals surface area contributed by atoms with Gasteiger partial charge in [-0.05, 0) is 49.1 Å². The molecule has 0 spiro atoms. The number of benzene rings is 1. The summed E-state index contributed by atoms with van der Waals surface area (Å²) in [5.41, 5.74) is 1.07. The van der Waals surface area contributed by atoms with E-state index in [1.54, 1.807) is 24.3 Å². The lowest BCUT2D eigenvalue weighted by Gasteiger charge is -2.37. The zero-order valence-electron chi connectivity index (χ0n) is 12.8. The third-order valence-electron chi connectivity index (χ3n) is 6.17. The van der Waals surface area contributed by atoms with Gasteiger partial charge in [0.2, 0.25) is 11.8 Å². The van der Waals surface area contributed by atoms with Gasteiger partial charge in [-0.1, -0.05) is 24.3 Å². The fraction of sp³-hybridized carbons (Fsp3) is 0.421. The molecule has 4 aliphatic carbocycles. The molecule has 0 aromatic heterocycles. The van der Waals surface area contributed by atoms with Crippen LogP contribution in [-0.2, 0) is 9.59 Å². The van der Waals surface area contributed by atoms with E-state index in [0.717, 1.165) is 6.42 Å². The van der Waals surface area contributed by atoms with E-state index in [2.05, 4.69) is 12.2 Å². The van der Waals surface area contributed by atoms with Gasteiger partial charge in [-0.15, -0.1) is 0 Å². The number of imide groups is 1. The Balaban J connectivity index is 1.57. The second-order valence-corrected chi connectivity index (χ2v) is 7.27. The van der Waals surface area contributed by atoms with E-state index in [4.69, 9.17) is 0 Å². The first-order chi connectivity index (χ1) is 11.1. The number of Topliss-reactive ketones (excluding diaryl/α,β-unsaturated/α-hetero) is 1. The molecule has 4 nitrogen and oxygen atoms in total. The molecule has 4 heteroatoms. The van der Waals surface area contributed by atoms with Gasteiger partial charge in [0, 0.05) is 5.56 Å². The SMILES string of the molecule is CC(=O)c1cccc(N2C(=O)[C@@H]3[C@H]4C=C[C@@H]([C@@H]5C[C@H]45)[C@@H]3C2=O)c1.